The Bertz CT molecular complexity index is 508. The highest BCUT2D eigenvalue weighted by molar-refractivity contribution is 9.10. The molecule has 5 heteroatoms. The molecule has 0 aliphatic heterocycles. The molecule has 2 rings (SSSR count). The highest BCUT2D eigenvalue weighted by Gasteiger charge is 2.09. The first-order chi connectivity index (χ1) is 7.58. The molecule has 2 aromatic rings. The highest BCUT2D eigenvalue weighted by Crippen LogP contribution is 2.21. The van der Waals surface area contributed by atoms with Crippen LogP contribution >= 0.6 is 28.3 Å². The number of aromatic nitrogens is 2. The number of nitrogens with two attached hydrogens (primary N) is 1. The van der Waals surface area contributed by atoms with E-state index in [0.717, 1.165) is 15.9 Å². The lowest BCUT2D eigenvalue weighted by molar-refractivity contribution is 0.771. The van der Waals surface area contributed by atoms with Crippen molar-refractivity contribution in [2.45, 2.75) is 19.8 Å². The molecule has 92 valence electrons. The fraction of sp³-hybridized carbons (Fsp3) is 0.250. The molecule has 0 atom stereocenters. The lowest BCUT2D eigenvalue weighted by Crippen LogP contribution is -2.02. The number of anilines is 1. The Hall–Kier alpha value is -1.000. The first-order valence-electron chi connectivity index (χ1n) is 5.19. The van der Waals surface area contributed by atoms with E-state index in [1.807, 2.05) is 30.3 Å². The fourth-order valence-electron chi connectivity index (χ4n) is 1.51. The van der Waals surface area contributed by atoms with Gasteiger partial charge in [-0.25, -0.2) is 4.68 Å². The van der Waals surface area contributed by atoms with E-state index in [1.165, 1.54) is 0 Å². The number of nitrogens with zero attached hydrogens (tertiary/aromatic N) is 2. The Labute approximate surface area is 116 Å². The SMILES string of the molecule is CC(C)c1cc(N)n(-c2cccc(Br)c2)n1.Cl. The highest BCUT2D eigenvalue weighted by atomic mass is 79.9. The van der Waals surface area contributed by atoms with E-state index in [2.05, 4.69) is 34.9 Å². The van der Waals surface area contributed by atoms with Crippen LogP contribution in [0.5, 0.6) is 0 Å². The summed E-state index contributed by atoms with van der Waals surface area (Å²) < 4.78 is 2.78. The summed E-state index contributed by atoms with van der Waals surface area (Å²) in [7, 11) is 0. The second kappa shape index (κ2) is 5.56. The number of halogens is 2. The van der Waals surface area contributed by atoms with Crippen LogP contribution in [-0.4, -0.2) is 9.78 Å². The quantitative estimate of drug-likeness (QED) is 0.916. The monoisotopic (exact) mass is 315 g/mol. The number of benzene rings is 1. The number of hydrogen-bond donors (Lipinski definition) is 1. The van der Waals surface area contributed by atoms with Crippen molar-refractivity contribution in [3.05, 3.63) is 40.5 Å². The summed E-state index contributed by atoms with van der Waals surface area (Å²) in [5.41, 5.74) is 7.93. The largest absolute Gasteiger partial charge is 0.384 e. The van der Waals surface area contributed by atoms with Gasteiger partial charge in [-0.3, -0.25) is 0 Å². The molecule has 1 aromatic carbocycles. The van der Waals surface area contributed by atoms with Gasteiger partial charge in [0, 0.05) is 10.5 Å². The molecular formula is C12H15BrClN3. The van der Waals surface area contributed by atoms with Crippen molar-refractivity contribution in [2.75, 3.05) is 5.73 Å². The maximum atomic E-state index is 5.95. The van der Waals surface area contributed by atoms with Crippen LogP contribution in [0.4, 0.5) is 5.82 Å². The topological polar surface area (TPSA) is 43.8 Å². The molecule has 0 bridgehead atoms. The van der Waals surface area contributed by atoms with Gasteiger partial charge in [0.15, 0.2) is 0 Å². The van der Waals surface area contributed by atoms with Gasteiger partial charge in [-0.05, 0) is 24.1 Å². The summed E-state index contributed by atoms with van der Waals surface area (Å²) in [6, 6.07) is 9.85. The van der Waals surface area contributed by atoms with E-state index in [0.29, 0.717) is 11.7 Å². The molecule has 17 heavy (non-hydrogen) atoms. The Morgan fingerprint density at radius 2 is 2.00 bits per heavy atom. The molecule has 3 nitrogen and oxygen atoms in total. The van der Waals surface area contributed by atoms with E-state index in [4.69, 9.17) is 5.73 Å². The van der Waals surface area contributed by atoms with E-state index in [-0.39, 0.29) is 12.4 Å². The molecular weight excluding hydrogens is 302 g/mol. The molecule has 0 aliphatic rings. The Morgan fingerprint density at radius 3 is 2.53 bits per heavy atom. The Morgan fingerprint density at radius 1 is 1.29 bits per heavy atom. The van der Waals surface area contributed by atoms with Crippen LogP contribution in [0, 0.1) is 0 Å². The third kappa shape index (κ3) is 3.01. The molecule has 0 saturated carbocycles. The molecule has 0 radical (unpaired) electrons. The van der Waals surface area contributed by atoms with Crippen molar-refractivity contribution < 1.29 is 0 Å². The molecule has 0 aliphatic carbocycles. The molecule has 2 N–H and O–H groups in total. The molecule has 0 spiro atoms. The maximum Gasteiger partial charge on any atom is 0.127 e. The number of rotatable bonds is 2. The lowest BCUT2D eigenvalue weighted by atomic mass is 10.1. The lowest BCUT2D eigenvalue weighted by Gasteiger charge is -2.04. The zero-order chi connectivity index (χ0) is 11.7. The van der Waals surface area contributed by atoms with Gasteiger partial charge in [-0.2, -0.15) is 5.10 Å². The third-order valence-corrected chi connectivity index (χ3v) is 2.89. The summed E-state index contributed by atoms with van der Waals surface area (Å²) in [6.07, 6.45) is 0. The summed E-state index contributed by atoms with van der Waals surface area (Å²) in [5, 5.41) is 4.49. The van der Waals surface area contributed by atoms with Crippen LogP contribution in [0.15, 0.2) is 34.8 Å². The zero-order valence-electron chi connectivity index (χ0n) is 9.72. The van der Waals surface area contributed by atoms with Gasteiger partial charge in [0.25, 0.3) is 0 Å². The van der Waals surface area contributed by atoms with Crippen molar-refractivity contribution >= 4 is 34.2 Å². The minimum Gasteiger partial charge on any atom is -0.384 e. The third-order valence-electron chi connectivity index (χ3n) is 2.40. The van der Waals surface area contributed by atoms with Crippen LogP contribution in [0.3, 0.4) is 0 Å². The van der Waals surface area contributed by atoms with Crippen LogP contribution in [0.1, 0.15) is 25.5 Å². The van der Waals surface area contributed by atoms with Crippen molar-refractivity contribution in [1.29, 1.82) is 0 Å². The Kier molecular flexibility index (Phi) is 4.60. The van der Waals surface area contributed by atoms with Gasteiger partial charge in [-0.1, -0.05) is 35.8 Å². The van der Waals surface area contributed by atoms with Crippen LogP contribution in [0.2, 0.25) is 0 Å². The summed E-state index contributed by atoms with van der Waals surface area (Å²) >= 11 is 3.44. The smallest absolute Gasteiger partial charge is 0.127 e. The van der Waals surface area contributed by atoms with Gasteiger partial charge < -0.3 is 5.73 Å². The van der Waals surface area contributed by atoms with E-state index >= 15 is 0 Å². The standard InChI is InChI=1S/C12H14BrN3.ClH/c1-8(2)11-7-12(14)16(15-11)10-5-3-4-9(13)6-10;/h3-8H,14H2,1-2H3;1H. The summed E-state index contributed by atoms with van der Waals surface area (Å²) in [6.45, 7) is 4.21. The predicted octanol–water partition coefficient (Wildman–Crippen LogP) is 3.76. The van der Waals surface area contributed by atoms with Crippen LogP contribution in [-0.2, 0) is 0 Å². The second-order valence-electron chi connectivity index (χ2n) is 4.04. The van der Waals surface area contributed by atoms with Crippen molar-refractivity contribution in [1.82, 2.24) is 9.78 Å². The zero-order valence-corrected chi connectivity index (χ0v) is 12.1. The van der Waals surface area contributed by atoms with Gasteiger partial charge in [-0.15, -0.1) is 12.4 Å². The van der Waals surface area contributed by atoms with Crippen LogP contribution in [0.25, 0.3) is 5.69 Å². The van der Waals surface area contributed by atoms with E-state index < -0.39 is 0 Å². The van der Waals surface area contributed by atoms with E-state index in [1.54, 1.807) is 4.68 Å². The normalized spacial score (nSPS) is 10.4. The fourth-order valence-corrected chi connectivity index (χ4v) is 1.90. The molecule has 0 unspecified atom stereocenters. The predicted molar refractivity (Wildman–Crippen MR) is 77.0 cm³/mol. The Balaban J connectivity index is 0.00000144. The van der Waals surface area contributed by atoms with Crippen molar-refractivity contribution in [3.8, 4) is 5.69 Å². The minimum absolute atomic E-state index is 0. The van der Waals surface area contributed by atoms with Crippen molar-refractivity contribution in [2.24, 2.45) is 0 Å². The first kappa shape index (κ1) is 14.1. The molecule has 0 amide bonds. The number of nitrogen functional groups attached to an aromatic ring is 1. The first-order valence-corrected chi connectivity index (χ1v) is 5.98. The summed E-state index contributed by atoms with van der Waals surface area (Å²) in [5.74, 6) is 1.05. The van der Waals surface area contributed by atoms with Gasteiger partial charge >= 0.3 is 0 Å². The molecule has 0 fully saturated rings. The van der Waals surface area contributed by atoms with Gasteiger partial charge in [0.05, 0.1) is 11.4 Å². The summed E-state index contributed by atoms with van der Waals surface area (Å²) in [4.78, 5) is 0. The second-order valence-corrected chi connectivity index (χ2v) is 4.96. The van der Waals surface area contributed by atoms with Crippen LogP contribution < -0.4 is 5.73 Å². The molecule has 1 aromatic heterocycles. The van der Waals surface area contributed by atoms with Gasteiger partial charge in [0.2, 0.25) is 0 Å². The maximum absolute atomic E-state index is 5.95. The minimum atomic E-state index is 0. The molecule has 1 heterocycles. The van der Waals surface area contributed by atoms with Crippen molar-refractivity contribution in [3.63, 3.8) is 0 Å². The number of hydrogen-bond acceptors (Lipinski definition) is 2. The average molecular weight is 317 g/mol. The van der Waals surface area contributed by atoms with Gasteiger partial charge in [0.1, 0.15) is 5.82 Å². The molecule has 0 saturated heterocycles. The van der Waals surface area contributed by atoms with E-state index in [9.17, 15) is 0 Å². The average Bonchev–Trinajstić information content (AvgIpc) is 2.60.